The third-order valence-electron chi connectivity index (χ3n) is 3.78. The Morgan fingerprint density at radius 3 is 2.15 bits per heavy atom. The van der Waals surface area contributed by atoms with E-state index in [0.717, 1.165) is 6.92 Å². The molecule has 10 heteroatoms. The molecule has 0 spiro atoms. The molecule has 0 saturated carbocycles. The number of aliphatic hydroxyl groups is 1. The lowest BCUT2D eigenvalue weighted by Crippen LogP contribution is -2.58. The molecule has 27 heavy (non-hydrogen) atoms. The van der Waals surface area contributed by atoms with Crippen LogP contribution in [-0.4, -0.2) is 42.0 Å². The second-order valence-corrected chi connectivity index (χ2v) is 5.91. The van der Waals surface area contributed by atoms with E-state index in [9.17, 15) is 35.8 Å². The molecule has 150 valence electrons. The summed E-state index contributed by atoms with van der Waals surface area (Å²) in [6.07, 6.45) is -9.56. The van der Waals surface area contributed by atoms with Gasteiger partial charge < -0.3 is 9.84 Å². The van der Waals surface area contributed by atoms with Gasteiger partial charge in [-0.3, -0.25) is 5.32 Å². The monoisotopic (exact) mass is 399 g/mol. The van der Waals surface area contributed by atoms with Crippen LogP contribution < -0.4 is 10.1 Å². The average Bonchev–Trinajstić information content (AvgIpc) is 2.57. The van der Waals surface area contributed by atoms with E-state index in [1.165, 1.54) is 6.07 Å². The van der Waals surface area contributed by atoms with Crippen LogP contribution in [0.2, 0.25) is 0 Å². The van der Waals surface area contributed by atoms with Gasteiger partial charge in [-0.2, -0.15) is 30.7 Å². The van der Waals surface area contributed by atoms with E-state index in [-0.39, 0.29) is 5.75 Å². The molecule has 0 aliphatic heterocycles. The number of halogens is 7. The fourth-order valence-corrected chi connectivity index (χ4v) is 2.29. The van der Waals surface area contributed by atoms with Crippen LogP contribution in [0.25, 0.3) is 10.8 Å². The Labute approximate surface area is 149 Å². The number of ether oxygens (including phenoxy) is 1. The highest BCUT2D eigenvalue weighted by molar-refractivity contribution is 5.88. The fraction of sp³-hybridized carbons (Fsp3) is 0.412. The predicted molar refractivity (Wildman–Crippen MR) is 84.0 cm³/mol. The Morgan fingerprint density at radius 2 is 1.56 bits per heavy atom. The molecule has 2 aromatic carbocycles. The first-order valence-electron chi connectivity index (χ1n) is 7.75. The van der Waals surface area contributed by atoms with Crippen LogP contribution in [-0.2, 0) is 0 Å². The Kier molecular flexibility index (Phi) is 5.91. The molecule has 2 unspecified atom stereocenters. The van der Waals surface area contributed by atoms with Crippen LogP contribution in [0.5, 0.6) is 5.75 Å². The van der Waals surface area contributed by atoms with Crippen molar-refractivity contribution in [3.63, 3.8) is 0 Å². The van der Waals surface area contributed by atoms with E-state index in [1.807, 2.05) is 0 Å². The lowest BCUT2D eigenvalue weighted by atomic mass is 10.1. The number of aliphatic hydroxyl groups excluding tert-OH is 1. The summed E-state index contributed by atoms with van der Waals surface area (Å²) < 4.78 is 94.8. The molecule has 0 heterocycles. The molecular weight excluding hydrogens is 383 g/mol. The molecule has 2 N–H and O–H groups in total. The van der Waals surface area contributed by atoms with Gasteiger partial charge in [0.1, 0.15) is 11.9 Å². The normalized spacial score (nSPS) is 15.6. The zero-order valence-electron chi connectivity index (χ0n) is 13.9. The van der Waals surface area contributed by atoms with Crippen LogP contribution in [0.4, 0.5) is 30.7 Å². The van der Waals surface area contributed by atoms with Gasteiger partial charge in [-0.1, -0.05) is 36.4 Å². The first-order chi connectivity index (χ1) is 12.4. The lowest BCUT2D eigenvalue weighted by molar-refractivity contribution is -0.353. The molecule has 2 rings (SSSR count). The van der Waals surface area contributed by atoms with Crippen molar-refractivity contribution in [2.75, 3.05) is 6.54 Å². The molecule has 0 saturated heterocycles. The topological polar surface area (TPSA) is 41.5 Å². The Bertz CT molecular complexity index is 772. The standard InChI is InChI=1S/C17H16F7NO2/c1-10(26)14(25-9-15(18,19)16(20,21)17(22,23)24)27-13-8-4-6-11-5-2-3-7-12(11)13/h2-8,10,14,25-26H,9H2,1H3. The van der Waals surface area contributed by atoms with Crippen LogP contribution in [0.3, 0.4) is 0 Å². The Morgan fingerprint density at radius 1 is 0.963 bits per heavy atom. The Hall–Kier alpha value is -2.07. The molecule has 0 aliphatic rings. The maximum Gasteiger partial charge on any atom is 0.459 e. The summed E-state index contributed by atoms with van der Waals surface area (Å²) in [4.78, 5) is 0. The lowest BCUT2D eigenvalue weighted by Gasteiger charge is -2.31. The van der Waals surface area contributed by atoms with E-state index in [0.29, 0.717) is 10.8 Å². The number of alkyl halides is 7. The third-order valence-corrected chi connectivity index (χ3v) is 3.78. The van der Waals surface area contributed by atoms with Crippen LogP contribution in [0.1, 0.15) is 6.92 Å². The summed E-state index contributed by atoms with van der Waals surface area (Å²) in [7, 11) is 0. The van der Waals surface area contributed by atoms with Crippen LogP contribution in [0.15, 0.2) is 42.5 Å². The van der Waals surface area contributed by atoms with Crippen molar-refractivity contribution >= 4 is 10.8 Å². The predicted octanol–water partition coefficient (Wildman–Crippen LogP) is 4.35. The second-order valence-electron chi connectivity index (χ2n) is 5.91. The average molecular weight is 399 g/mol. The minimum atomic E-state index is -6.42. The number of nitrogens with one attached hydrogen (secondary N) is 1. The minimum Gasteiger partial charge on any atom is -0.472 e. The fourth-order valence-electron chi connectivity index (χ4n) is 2.29. The van der Waals surface area contributed by atoms with E-state index < -0.39 is 36.9 Å². The van der Waals surface area contributed by atoms with Crippen molar-refractivity contribution < 1.29 is 40.6 Å². The SMILES string of the molecule is CC(O)C(NCC(F)(F)C(F)(F)C(F)(F)F)Oc1cccc2ccccc12. The summed E-state index contributed by atoms with van der Waals surface area (Å²) >= 11 is 0. The quantitative estimate of drug-likeness (QED) is 0.538. The molecule has 0 bridgehead atoms. The van der Waals surface area contributed by atoms with E-state index in [2.05, 4.69) is 0 Å². The number of hydrogen-bond acceptors (Lipinski definition) is 3. The molecule has 2 atom stereocenters. The first-order valence-corrected chi connectivity index (χ1v) is 7.75. The van der Waals surface area contributed by atoms with Gasteiger partial charge in [-0.05, 0) is 18.4 Å². The summed E-state index contributed by atoms with van der Waals surface area (Å²) in [6, 6.07) is 11.5. The van der Waals surface area contributed by atoms with E-state index in [1.54, 1.807) is 41.7 Å². The van der Waals surface area contributed by atoms with Crippen molar-refractivity contribution in [1.82, 2.24) is 5.32 Å². The van der Waals surface area contributed by atoms with Crippen molar-refractivity contribution in [2.45, 2.75) is 37.3 Å². The molecule has 2 aromatic rings. The molecule has 0 aliphatic carbocycles. The third kappa shape index (κ3) is 4.44. The van der Waals surface area contributed by atoms with Gasteiger partial charge in [-0.25, -0.2) is 0 Å². The first kappa shape index (κ1) is 21.2. The largest absolute Gasteiger partial charge is 0.472 e. The number of benzene rings is 2. The summed E-state index contributed by atoms with van der Waals surface area (Å²) in [5.74, 6) is -11.5. The molecule has 3 nitrogen and oxygen atoms in total. The molecule has 0 aromatic heterocycles. The van der Waals surface area contributed by atoms with E-state index in [4.69, 9.17) is 4.74 Å². The van der Waals surface area contributed by atoms with Gasteiger partial charge in [0.2, 0.25) is 0 Å². The summed E-state index contributed by atoms with van der Waals surface area (Å²) in [5.41, 5.74) is 0. The van der Waals surface area contributed by atoms with Crippen LogP contribution in [0, 0.1) is 0 Å². The number of rotatable bonds is 7. The van der Waals surface area contributed by atoms with Gasteiger partial charge in [0.25, 0.3) is 0 Å². The van der Waals surface area contributed by atoms with Gasteiger partial charge in [-0.15, -0.1) is 0 Å². The number of hydrogen-bond donors (Lipinski definition) is 2. The van der Waals surface area contributed by atoms with Crippen molar-refractivity contribution in [1.29, 1.82) is 0 Å². The minimum absolute atomic E-state index is 0.136. The van der Waals surface area contributed by atoms with Gasteiger partial charge in [0.15, 0.2) is 6.23 Å². The number of fused-ring (bicyclic) bond motifs is 1. The molecule has 0 fully saturated rings. The maximum absolute atomic E-state index is 13.4. The highest BCUT2D eigenvalue weighted by Gasteiger charge is 2.72. The molecular formula is C17H16F7NO2. The smallest absolute Gasteiger partial charge is 0.459 e. The summed E-state index contributed by atoms with van der Waals surface area (Å²) in [6.45, 7) is -0.942. The summed E-state index contributed by atoms with van der Waals surface area (Å²) in [5, 5.41) is 12.7. The van der Waals surface area contributed by atoms with Crippen molar-refractivity contribution in [2.24, 2.45) is 0 Å². The van der Waals surface area contributed by atoms with Gasteiger partial charge in [0.05, 0.1) is 6.54 Å². The highest BCUT2D eigenvalue weighted by atomic mass is 19.4. The van der Waals surface area contributed by atoms with Gasteiger partial charge >= 0.3 is 18.0 Å². The zero-order chi connectivity index (χ0) is 20.5. The van der Waals surface area contributed by atoms with Crippen molar-refractivity contribution in [3.8, 4) is 5.75 Å². The van der Waals surface area contributed by atoms with Gasteiger partial charge in [0, 0.05) is 5.39 Å². The second kappa shape index (κ2) is 7.51. The van der Waals surface area contributed by atoms with E-state index >= 15 is 0 Å². The van der Waals surface area contributed by atoms with Crippen molar-refractivity contribution in [3.05, 3.63) is 42.5 Å². The highest BCUT2D eigenvalue weighted by Crippen LogP contribution is 2.46. The molecule has 0 amide bonds. The Balaban J connectivity index is 2.19. The zero-order valence-corrected chi connectivity index (χ0v) is 13.9. The van der Waals surface area contributed by atoms with Crippen LogP contribution >= 0.6 is 0 Å². The maximum atomic E-state index is 13.4. The molecule has 0 radical (unpaired) electrons.